The first-order chi connectivity index (χ1) is 9.93. The molecule has 1 aromatic heterocycles. The van der Waals surface area contributed by atoms with E-state index in [1.165, 1.54) is 11.5 Å². The number of amides is 1. The molecule has 0 saturated carbocycles. The predicted octanol–water partition coefficient (Wildman–Crippen LogP) is 1.39. The van der Waals surface area contributed by atoms with Crippen LogP contribution in [0.1, 0.15) is 38.1 Å². The highest BCUT2D eigenvalue weighted by Crippen LogP contribution is 2.32. The molecule has 1 aliphatic heterocycles. The average molecular weight is 311 g/mol. The lowest BCUT2D eigenvalue weighted by Gasteiger charge is -2.40. The highest BCUT2D eigenvalue weighted by atomic mass is 32.1. The molecule has 7 heteroatoms. The molecule has 0 aromatic carbocycles. The van der Waals surface area contributed by atoms with E-state index in [-0.39, 0.29) is 11.9 Å². The van der Waals surface area contributed by atoms with Gasteiger partial charge in [-0.1, -0.05) is 6.92 Å². The first-order valence-electron chi connectivity index (χ1n) is 7.49. The van der Waals surface area contributed by atoms with Crippen molar-refractivity contribution in [2.75, 3.05) is 36.8 Å². The number of nitrogen functional groups attached to an aromatic ring is 1. The van der Waals surface area contributed by atoms with Gasteiger partial charge < -0.3 is 16.0 Å². The second-order valence-electron chi connectivity index (χ2n) is 5.80. The Balaban J connectivity index is 2.19. The van der Waals surface area contributed by atoms with Gasteiger partial charge in [-0.25, -0.2) is 0 Å². The number of piperazine rings is 1. The van der Waals surface area contributed by atoms with E-state index in [2.05, 4.69) is 33.3 Å². The van der Waals surface area contributed by atoms with Gasteiger partial charge in [0.2, 0.25) is 0 Å². The van der Waals surface area contributed by atoms with E-state index >= 15 is 0 Å². The Bertz CT molecular complexity index is 502. The fourth-order valence-electron chi connectivity index (χ4n) is 2.71. The van der Waals surface area contributed by atoms with Crippen LogP contribution < -0.4 is 16.0 Å². The molecular weight excluding hydrogens is 286 g/mol. The zero-order valence-corrected chi connectivity index (χ0v) is 14.0. The number of likely N-dealkylation sites (N-methyl/N-ethyl adjacent to an activating group) is 1. The molecule has 1 aliphatic rings. The van der Waals surface area contributed by atoms with Crippen LogP contribution in [-0.2, 0) is 0 Å². The van der Waals surface area contributed by atoms with Gasteiger partial charge in [0.25, 0.3) is 5.91 Å². The van der Waals surface area contributed by atoms with Crippen LogP contribution in [0.3, 0.4) is 0 Å². The van der Waals surface area contributed by atoms with Gasteiger partial charge >= 0.3 is 0 Å². The Morgan fingerprint density at radius 3 is 2.81 bits per heavy atom. The number of nitrogens with zero attached hydrogens (tertiary/aromatic N) is 3. The third kappa shape index (κ3) is 3.47. The minimum Gasteiger partial charge on any atom is -0.382 e. The van der Waals surface area contributed by atoms with E-state index in [1.807, 2.05) is 13.8 Å². The standard InChI is InChI=1S/C14H25N5OS/c1-5-18-6-7-19(8-10(18)4)14-11(12(15)17-21-14)13(20)16-9(2)3/h9-10H,5-8H2,1-4H3,(H2,15,17)(H,16,20). The largest absolute Gasteiger partial charge is 0.382 e. The molecule has 2 rings (SSSR count). The zero-order valence-electron chi connectivity index (χ0n) is 13.2. The van der Waals surface area contributed by atoms with Crippen molar-refractivity contribution in [3.05, 3.63) is 5.56 Å². The lowest BCUT2D eigenvalue weighted by atomic mass is 10.1. The monoisotopic (exact) mass is 311 g/mol. The summed E-state index contributed by atoms with van der Waals surface area (Å²) in [4.78, 5) is 17.0. The summed E-state index contributed by atoms with van der Waals surface area (Å²) in [6.07, 6.45) is 0. The highest BCUT2D eigenvalue weighted by molar-refractivity contribution is 7.11. The van der Waals surface area contributed by atoms with Crippen molar-refractivity contribution in [3.8, 4) is 0 Å². The number of anilines is 2. The molecule has 1 amide bonds. The lowest BCUT2D eigenvalue weighted by molar-refractivity contribution is 0.0944. The molecule has 1 atom stereocenters. The molecule has 0 aliphatic carbocycles. The smallest absolute Gasteiger partial charge is 0.258 e. The molecule has 0 radical (unpaired) electrons. The van der Waals surface area contributed by atoms with Crippen molar-refractivity contribution in [3.63, 3.8) is 0 Å². The molecule has 0 spiro atoms. The van der Waals surface area contributed by atoms with Crippen molar-refractivity contribution in [1.82, 2.24) is 14.6 Å². The minimum atomic E-state index is -0.128. The summed E-state index contributed by atoms with van der Waals surface area (Å²) in [6.45, 7) is 12.1. The van der Waals surface area contributed by atoms with E-state index in [4.69, 9.17) is 5.73 Å². The summed E-state index contributed by atoms with van der Waals surface area (Å²) in [5.74, 6) is 0.204. The van der Waals surface area contributed by atoms with Crippen molar-refractivity contribution in [2.24, 2.45) is 0 Å². The Morgan fingerprint density at radius 1 is 1.52 bits per heavy atom. The topological polar surface area (TPSA) is 74.5 Å². The number of aromatic nitrogens is 1. The predicted molar refractivity (Wildman–Crippen MR) is 88.1 cm³/mol. The van der Waals surface area contributed by atoms with E-state index in [0.29, 0.717) is 17.4 Å². The van der Waals surface area contributed by atoms with Crippen LogP contribution in [0, 0.1) is 0 Å². The fraction of sp³-hybridized carbons (Fsp3) is 0.714. The first kappa shape index (κ1) is 16.0. The van der Waals surface area contributed by atoms with Crippen LogP contribution in [-0.4, -0.2) is 53.4 Å². The van der Waals surface area contributed by atoms with Crippen LogP contribution >= 0.6 is 11.5 Å². The molecule has 0 bridgehead atoms. The molecule has 3 N–H and O–H groups in total. The second kappa shape index (κ2) is 6.62. The van der Waals surface area contributed by atoms with Crippen molar-refractivity contribution in [1.29, 1.82) is 0 Å². The number of nitrogens with one attached hydrogen (secondary N) is 1. The van der Waals surface area contributed by atoms with Crippen LogP contribution in [0.15, 0.2) is 0 Å². The quantitative estimate of drug-likeness (QED) is 0.879. The zero-order chi connectivity index (χ0) is 15.6. The molecule has 6 nitrogen and oxygen atoms in total. The van der Waals surface area contributed by atoms with Gasteiger partial charge in [0.05, 0.1) is 0 Å². The molecule has 21 heavy (non-hydrogen) atoms. The maximum Gasteiger partial charge on any atom is 0.258 e. The summed E-state index contributed by atoms with van der Waals surface area (Å²) in [5, 5.41) is 3.80. The summed E-state index contributed by atoms with van der Waals surface area (Å²) < 4.78 is 4.19. The van der Waals surface area contributed by atoms with Crippen molar-refractivity contribution in [2.45, 2.75) is 39.8 Å². The van der Waals surface area contributed by atoms with Gasteiger partial charge in [0.1, 0.15) is 10.6 Å². The Hall–Kier alpha value is -1.34. The molecule has 1 saturated heterocycles. The van der Waals surface area contributed by atoms with Gasteiger partial charge in [0.15, 0.2) is 5.82 Å². The highest BCUT2D eigenvalue weighted by Gasteiger charge is 2.28. The van der Waals surface area contributed by atoms with Crippen molar-refractivity contribution < 1.29 is 4.79 Å². The van der Waals surface area contributed by atoms with E-state index in [9.17, 15) is 4.79 Å². The third-order valence-electron chi connectivity index (χ3n) is 3.81. The lowest BCUT2D eigenvalue weighted by Crippen LogP contribution is -2.52. The summed E-state index contributed by atoms with van der Waals surface area (Å²) in [5.41, 5.74) is 6.45. The first-order valence-corrected chi connectivity index (χ1v) is 8.26. The van der Waals surface area contributed by atoms with Crippen LogP contribution in [0.2, 0.25) is 0 Å². The molecule has 118 valence electrons. The Kier molecular flexibility index (Phi) is 5.05. The van der Waals surface area contributed by atoms with E-state index in [1.54, 1.807) is 0 Å². The summed E-state index contributed by atoms with van der Waals surface area (Å²) in [6, 6.07) is 0.550. The van der Waals surface area contributed by atoms with Gasteiger partial charge in [0, 0.05) is 31.7 Å². The maximum atomic E-state index is 12.3. The molecule has 1 unspecified atom stereocenters. The summed E-state index contributed by atoms with van der Waals surface area (Å²) in [7, 11) is 0. The number of hydrogen-bond acceptors (Lipinski definition) is 6. The minimum absolute atomic E-state index is 0.0838. The van der Waals surface area contributed by atoms with Gasteiger partial charge in [-0.2, -0.15) is 4.37 Å². The fourth-order valence-corrected chi connectivity index (χ4v) is 3.55. The van der Waals surface area contributed by atoms with Gasteiger partial charge in [-0.05, 0) is 38.8 Å². The molecular formula is C14H25N5OS. The van der Waals surface area contributed by atoms with Gasteiger partial charge in [-0.15, -0.1) is 0 Å². The molecule has 2 heterocycles. The number of carbonyl (C=O) groups is 1. The third-order valence-corrected chi connectivity index (χ3v) is 4.73. The maximum absolute atomic E-state index is 12.3. The normalized spacial score (nSPS) is 20.0. The van der Waals surface area contributed by atoms with E-state index in [0.717, 1.165) is 31.2 Å². The molecule has 1 aromatic rings. The van der Waals surface area contributed by atoms with Crippen molar-refractivity contribution >= 4 is 28.3 Å². The van der Waals surface area contributed by atoms with Crippen LogP contribution in [0.25, 0.3) is 0 Å². The van der Waals surface area contributed by atoms with Crippen LogP contribution in [0.4, 0.5) is 10.8 Å². The average Bonchev–Trinajstić information content (AvgIpc) is 2.79. The number of nitrogens with two attached hydrogens (primary N) is 1. The number of carbonyl (C=O) groups excluding carboxylic acids is 1. The SMILES string of the molecule is CCN1CCN(c2snc(N)c2C(=O)NC(C)C)CC1C. The Morgan fingerprint density at radius 2 is 2.24 bits per heavy atom. The van der Waals surface area contributed by atoms with Gasteiger partial charge in [-0.3, -0.25) is 9.69 Å². The number of rotatable bonds is 4. The van der Waals surface area contributed by atoms with Crippen LogP contribution in [0.5, 0.6) is 0 Å². The summed E-state index contributed by atoms with van der Waals surface area (Å²) >= 11 is 1.32. The second-order valence-corrected chi connectivity index (χ2v) is 6.55. The Labute approximate surface area is 130 Å². The van der Waals surface area contributed by atoms with E-state index < -0.39 is 0 Å². The number of hydrogen-bond donors (Lipinski definition) is 2. The molecule has 1 fully saturated rings.